The molecular weight excluding hydrogens is 296 g/mol. The summed E-state index contributed by atoms with van der Waals surface area (Å²) in [6.45, 7) is 3.11. The lowest BCUT2D eigenvalue weighted by Crippen LogP contribution is -2.46. The molecule has 0 spiro atoms. The molecule has 2 aromatic carbocycles. The van der Waals surface area contributed by atoms with Gasteiger partial charge >= 0.3 is 0 Å². The minimum absolute atomic E-state index is 0.519. The molecule has 1 aliphatic heterocycles. The SMILES string of the molecule is c1ccc2c(CN3CC(n4cnc5ccccc54)C3)ccnc2c1. The van der Waals surface area contributed by atoms with Crippen LogP contribution in [0.15, 0.2) is 67.1 Å². The number of fused-ring (bicyclic) bond motifs is 2. The normalized spacial score (nSPS) is 15.8. The van der Waals surface area contributed by atoms with Crippen LogP contribution in [0.5, 0.6) is 0 Å². The van der Waals surface area contributed by atoms with Crippen molar-refractivity contribution in [3.63, 3.8) is 0 Å². The van der Waals surface area contributed by atoms with E-state index in [0.29, 0.717) is 6.04 Å². The fourth-order valence-corrected chi connectivity index (χ4v) is 3.65. The van der Waals surface area contributed by atoms with Gasteiger partial charge in [0.05, 0.1) is 28.9 Å². The number of para-hydroxylation sites is 3. The fraction of sp³-hybridized carbons (Fsp3) is 0.200. The first kappa shape index (κ1) is 13.7. The Morgan fingerprint density at radius 2 is 1.67 bits per heavy atom. The van der Waals surface area contributed by atoms with Gasteiger partial charge in [-0.1, -0.05) is 30.3 Å². The molecule has 2 aromatic heterocycles. The molecular formula is C20H18N4. The molecule has 1 fully saturated rings. The fourth-order valence-electron chi connectivity index (χ4n) is 3.65. The molecule has 118 valence electrons. The molecule has 1 aliphatic rings. The van der Waals surface area contributed by atoms with Crippen LogP contribution >= 0.6 is 0 Å². The summed E-state index contributed by atoms with van der Waals surface area (Å²) in [6.07, 6.45) is 3.90. The highest BCUT2D eigenvalue weighted by Gasteiger charge is 2.29. The third-order valence-corrected chi connectivity index (χ3v) is 4.95. The van der Waals surface area contributed by atoms with Gasteiger partial charge in [-0.2, -0.15) is 0 Å². The summed E-state index contributed by atoms with van der Waals surface area (Å²) in [5, 5.41) is 1.26. The Hall–Kier alpha value is -2.72. The number of hydrogen-bond acceptors (Lipinski definition) is 3. The number of aromatic nitrogens is 3. The Morgan fingerprint density at radius 1 is 0.875 bits per heavy atom. The van der Waals surface area contributed by atoms with Crippen LogP contribution in [0.2, 0.25) is 0 Å². The summed E-state index contributed by atoms with van der Waals surface area (Å²) in [5.74, 6) is 0. The van der Waals surface area contributed by atoms with Gasteiger partial charge < -0.3 is 4.57 Å². The van der Waals surface area contributed by atoms with E-state index in [1.54, 1.807) is 0 Å². The Bertz CT molecular complexity index is 1010. The van der Waals surface area contributed by atoms with Gasteiger partial charge in [0.25, 0.3) is 0 Å². The highest BCUT2D eigenvalue weighted by Crippen LogP contribution is 2.28. The summed E-state index contributed by atoms with van der Waals surface area (Å²) in [4.78, 5) is 11.4. The molecule has 3 heterocycles. The smallest absolute Gasteiger partial charge is 0.0961 e. The molecule has 24 heavy (non-hydrogen) atoms. The lowest BCUT2D eigenvalue weighted by atomic mass is 10.0. The molecule has 0 N–H and O–H groups in total. The van der Waals surface area contributed by atoms with E-state index in [0.717, 1.165) is 30.7 Å². The van der Waals surface area contributed by atoms with Crippen molar-refractivity contribution in [1.82, 2.24) is 19.4 Å². The summed E-state index contributed by atoms with van der Waals surface area (Å²) < 4.78 is 2.32. The van der Waals surface area contributed by atoms with Gasteiger partial charge in [0.1, 0.15) is 0 Å². The first-order valence-corrected chi connectivity index (χ1v) is 8.35. The van der Waals surface area contributed by atoms with Crippen LogP contribution in [-0.4, -0.2) is 32.5 Å². The maximum absolute atomic E-state index is 4.51. The number of imidazole rings is 1. The maximum atomic E-state index is 4.51. The Morgan fingerprint density at radius 3 is 2.58 bits per heavy atom. The number of benzene rings is 2. The van der Waals surface area contributed by atoms with Crippen molar-refractivity contribution in [1.29, 1.82) is 0 Å². The van der Waals surface area contributed by atoms with Crippen LogP contribution in [0.4, 0.5) is 0 Å². The third kappa shape index (κ3) is 2.19. The third-order valence-electron chi connectivity index (χ3n) is 4.95. The van der Waals surface area contributed by atoms with Gasteiger partial charge in [0.2, 0.25) is 0 Å². The van der Waals surface area contributed by atoms with Gasteiger partial charge in [-0.25, -0.2) is 4.98 Å². The van der Waals surface area contributed by atoms with E-state index in [1.165, 1.54) is 16.5 Å². The quantitative estimate of drug-likeness (QED) is 0.579. The lowest BCUT2D eigenvalue weighted by Gasteiger charge is -2.40. The predicted molar refractivity (Wildman–Crippen MR) is 95.8 cm³/mol. The van der Waals surface area contributed by atoms with E-state index < -0.39 is 0 Å². The second-order valence-electron chi connectivity index (χ2n) is 6.48. The van der Waals surface area contributed by atoms with E-state index >= 15 is 0 Å². The van der Waals surface area contributed by atoms with Crippen LogP contribution in [-0.2, 0) is 6.54 Å². The van der Waals surface area contributed by atoms with Crippen LogP contribution < -0.4 is 0 Å². The molecule has 0 bridgehead atoms. The largest absolute Gasteiger partial charge is 0.325 e. The molecule has 0 saturated carbocycles. The van der Waals surface area contributed by atoms with Gasteiger partial charge in [-0.3, -0.25) is 9.88 Å². The van der Waals surface area contributed by atoms with Gasteiger partial charge in [-0.05, 0) is 29.8 Å². The Balaban J connectivity index is 1.35. The average molecular weight is 314 g/mol. The number of hydrogen-bond donors (Lipinski definition) is 0. The Labute approximate surface area is 140 Å². The summed E-state index contributed by atoms with van der Waals surface area (Å²) in [5.41, 5.74) is 4.75. The molecule has 0 radical (unpaired) electrons. The average Bonchev–Trinajstić information content (AvgIpc) is 3.01. The van der Waals surface area contributed by atoms with E-state index in [2.05, 4.69) is 61.9 Å². The molecule has 0 amide bonds. The van der Waals surface area contributed by atoms with Gasteiger partial charge in [0.15, 0.2) is 0 Å². The molecule has 5 rings (SSSR count). The molecule has 0 unspecified atom stereocenters. The Kier molecular flexibility index (Phi) is 3.10. The van der Waals surface area contributed by atoms with Crippen molar-refractivity contribution in [2.45, 2.75) is 12.6 Å². The van der Waals surface area contributed by atoms with Gasteiger partial charge in [0, 0.05) is 31.2 Å². The first-order valence-electron chi connectivity index (χ1n) is 8.35. The van der Waals surface area contributed by atoms with Crippen molar-refractivity contribution in [3.05, 3.63) is 72.7 Å². The van der Waals surface area contributed by atoms with E-state index in [9.17, 15) is 0 Å². The summed E-state index contributed by atoms with van der Waals surface area (Å²) in [6, 6.07) is 19.4. The van der Waals surface area contributed by atoms with Crippen LogP contribution in [0.3, 0.4) is 0 Å². The van der Waals surface area contributed by atoms with Crippen molar-refractivity contribution in [2.75, 3.05) is 13.1 Å². The van der Waals surface area contributed by atoms with Crippen molar-refractivity contribution < 1.29 is 0 Å². The van der Waals surface area contributed by atoms with E-state index in [1.807, 2.05) is 24.7 Å². The summed E-state index contributed by atoms with van der Waals surface area (Å²) >= 11 is 0. The van der Waals surface area contributed by atoms with Crippen molar-refractivity contribution >= 4 is 21.9 Å². The second-order valence-corrected chi connectivity index (χ2v) is 6.48. The maximum Gasteiger partial charge on any atom is 0.0961 e. The lowest BCUT2D eigenvalue weighted by molar-refractivity contribution is 0.102. The number of pyridine rings is 1. The number of nitrogens with zero attached hydrogens (tertiary/aromatic N) is 4. The number of likely N-dealkylation sites (tertiary alicyclic amines) is 1. The number of rotatable bonds is 3. The molecule has 4 aromatic rings. The monoisotopic (exact) mass is 314 g/mol. The first-order chi connectivity index (χ1) is 11.9. The second kappa shape index (κ2) is 5.42. The minimum atomic E-state index is 0.519. The van der Waals surface area contributed by atoms with Gasteiger partial charge in [-0.15, -0.1) is 0 Å². The van der Waals surface area contributed by atoms with E-state index in [4.69, 9.17) is 0 Å². The minimum Gasteiger partial charge on any atom is -0.325 e. The standard InChI is InChI=1S/C20H18N4/c1-2-6-18-17(5-1)15(9-10-21-18)11-23-12-16(13-23)24-14-22-19-7-3-4-8-20(19)24/h1-10,14,16H,11-13H2. The van der Waals surface area contributed by atoms with Crippen LogP contribution in [0, 0.1) is 0 Å². The zero-order valence-electron chi connectivity index (χ0n) is 13.3. The highest BCUT2D eigenvalue weighted by atomic mass is 15.3. The molecule has 0 aliphatic carbocycles. The van der Waals surface area contributed by atoms with Crippen LogP contribution in [0.1, 0.15) is 11.6 Å². The zero-order chi connectivity index (χ0) is 15.9. The highest BCUT2D eigenvalue weighted by molar-refractivity contribution is 5.81. The predicted octanol–water partition coefficient (Wildman–Crippen LogP) is 3.64. The summed E-state index contributed by atoms with van der Waals surface area (Å²) in [7, 11) is 0. The van der Waals surface area contributed by atoms with Crippen molar-refractivity contribution in [3.8, 4) is 0 Å². The van der Waals surface area contributed by atoms with Crippen molar-refractivity contribution in [2.24, 2.45) is 0 Å². The molecule has 4 nitrogen and oxygen atoms in total. The topological polar surface area (TPSA) is 34.0 Å². The molecule has 4 heteroatoms. The van der Waals surface area contributed by atoms with E-state index in [-0.39, 0.29) is 0 Å². The molecule has 0 atom stereocenters. The zero-order valence-corrected chi connectivity index (χ0v) is 13.3. The molecule has 1 saturated heterocycles. The van der Waals surface area contributed by atoms with Crippen LogP contribution in [0.25, 0.3) is 21.9 Å².